The quantitative estimate of drug-likeness (QED) is 0.452. The Balaban J connectivity index is 1.54. The number of carbonyl (C=O) groups excluding carboxylic acids is 2. The Hall–Kier alpha value is -2.33. The summed E-state index contributed by atoms with van der Waals surface area (Å²) >= 11 is 18.7. The molecule has 0 bridgehead atoms. The Bertz CT molecular complexity index is 1140. The fourth-order valence-electron chi connectivity index (χ4n) is 2.45. The molecule has 2 aromatic carbocycles. The van der Waals surface area contributed by atoms with Gasteiger partial charge in [-0.05, 0) is 36.4 Å². The summed E-state index contributed by atoms with van der Waals surface area (Å²) in [5.41, 5.74) is 0.892. The Morgan fingerprint density at radius 1 is 0.968 bits per heavy atom. The van der Waals surface area contributed by atoms with Crippen LogP contribution in [0.25, 0.3) is 0 Å². The lowest BCUT2D eigenvalue weighted by atomic mass is 10.3. The number of hydrogen-bond donors (Lipinski definition) is 2. The zero-order valence-electron chi connectivity index (χ0n) is 16.0. The van der Waals surface area contributed by atoms with Crippen LogP contribution in [0.2, 0.25) is 15.1 Å². The van der Waals surface area contributed by atoms with Crippen LogP contribution in [0.3, 0.4) is 0 Å². The average molecular weight is 503 g/mol. The first-order valence-corrected chi connectivity index (χ1v) is 10.9. The van der Waals surface area contributed by atoms with Gasteiger partial charge in [-0.1, -0.05) is 46.6 Å². The molecule has 1 heterocycles. The van der Waals surface area contributed by atoms with Gasteiger partial charge in [0.1, 0.15) is 11.6 Å². The molecule has 1 aromatic heterocycles. The second-order valence-electron chi connectivity index (χ2n) is 6.28. The normalized spacial score (nSPS) is 10.7. The number of halogens is 4. The van der Waals surface area contributed by atoms with Crippen LogP contribution in [-0.2, 0) is 23.1 Å². The van der Waals surface area contributed by atoms with Gasteiger partial charge in [0.2, 0.25) is 11.8 Å². The van der Waals surface area contributed by atoms with E-state index >= 15 is 0 Å². The molecule has 7 nitrogen and oxygen atoms in total. The Morgan fingerprint density at radius 2 is 1.61 bits per heavy atom. The van der Waals surface area contributed by atoms with Crippen LogP contribution in [0.5, 0.6) is 0 Å². The first-order valence-electron chi connectivity index (χ1n) is 8.74. The number of hydrogen-bond acceptors (Lipinski definition) is 5. The van der Waals surface area contributed by atoms with Crippen LogP contribution in [0, 0.1) is 5.82 Å². The molecule has 3 rings (SSSR count). The number of anilines is 2. The van der Waals surface area contributed by atoms with Gasteiger partial charge in [0.15, 0.2) is 5.16 Å². The third kappa shape index (κ3) is 6.33. The fraction of sp³-hybridized carbons (Fsp3) is 0.158. The van der Waals surface area contributed by atoms with Gasteiger partial charge < -0.3 is 15.2 Å². The molecule has 0 spiro atoms. The largest absolute Gasteiger partial charge is 0.326 e. The number of thioether (sulfide) groups is 1. The van der Waals surface area contributed by atoms with Crippen molar-refractivity contribution in [3.63, 3.8) is 0 Å². The highest BCUT2D eigenvalue weighted by molar-refractivity contribution is 7.99. The molecule has 0 radical (unpaired) electrons. The van der Waals surface area contributed by atoms with Crippen LogP contribution in [-0.4, -0.2) is 32.3 Å². The van der Waals surface area contributed by atoms with Crippen molar-refractivity contribution in [3.8, 4) is 0 Å². The molecule has 2 amide bonds. The predicted octanol–water partition coefficient (Wildman–Crippen LogP) is 4.83. The maximum Gasteiger partial charge on any atom is 0.234 e. The molecule has 0 aliphatic heterocycles. The van der Waals surface area contributed by atoms with E-state index in [2.05, 4.69) is 20.8 Å². The summed E-state index contributed by atoms with van der Waals surface area (Å²) in [6.07, 6.45) is -0.0232. The Morgan fingerprint density at radius 3 is 2.29 bits per heavy atom. The molecule has 12 heteroatoms. The second kappa shape index (κ2) is 10.3. The van der Waals surface area contributed by atoms with Gasteiger partial charge in [-0.15, -0.1) is 10.2 Å². The first-order chi connectivity index (χ1) is 14.7. The fourth-order valence-corrected chi connectivity index (χ4v) is 3.66. The van der Waals surface area contributed by atoms with Crippen molar-refractivity contribution in [1.82, 2.24) is 14.8 Å². The van der Waals surface area contributed by atoms with E-state index in [0.717, 1.165) is 11.8 Å². The lowest BCUT2D eigenvalue weighted by molar-refractivity contribution is -0.116. The third-order valence-electron chi connectivity index (χ3n) is 3.98. The predicted molar refractivity (Wildman–Crippen MR) is 121 cm³/mol. The maximum absolute atomic E-state index is 13.2. The summed E-state index contributed by atoms with van der Waals surface area (Å²) < 4.78 is 14.8. The molecule has 0 saturated heterocycles. The van der Waals surface area contributed by atoms with E-state index in [1.807, 2.05) is 0 Å². The molecule has 0 aliphatic carbocycles. The van der Waals surface area contributed by atoms with Gasteiger partial charge in [0, 0.05) is 18.4 Å². The minimum atomic E-state index is -0.566. The van der Waals surface area contributed by atoms with Gasteiger partial charge in [0.25, 0.3) is 0 Å². The van der Waals surface area contributed by atoms with E-state index < -0.39 is 5.82 Å². The topological polar surface area (TPSA) is 88.9 Å². The third-order valence-corrected chi connectivity index (χ3v) is 6.03. The zero-order valence-corrected chi connectivity index (χ0v) is 19.0. The maximum atomic E-state index is 13.2. The van der Waals surface area contributed by atoms with E-state index in [0.29, 0.717) is 32.4 Å². The van der Waals surface area contributed by atoms with E-state index in [1.165, 1.54) is 18.2 Å². The van der Waals surface area contributed by atoms with Gasteiger partial charge in [-0.2, -0.15) is 0 Å². The molecular formula is C19H15Cl3FN5O2S. The van der Waals surface area contributed by atoms with Crippen LogP contribution >= 0.6 is 46.6 Å². The Labute approximate surface area is 196 Å². The van der Waals surface area contributed by atoms with Gasteiger partial charge in [-0.25, -0.2) is 4.39 Å². The van der Waals surface area contributed by atoms with Crippen LogP contribution in [0.4, 0.5) is 15.8 Å². The van der Waals surface area contributed by atoms with Crippen molar-refractivity contribution in [2.45, 2.75) is 11.6 Å². The van der Waals surface area contributed by atoms with Gasteiger partial charge >= 0.3 is 0 Å². The lowest BCUT2D eigenvalue weighted by Gasteiger charge is -2.07. The van der Waals surface area contributed by atoms with Crippen LogP contribution < -0.4 is 10.6 Å². The number of carbonyl (C=O) groups is 2. The minimum absolute atomic E-state index is 0.0232. The number of amides is 2. The van der Waals surface area contributed by atoms with Crippen LogP contribution in [0.15, 0.2) is 41.6 Å². The molecule has 162 valence electrons. The lowest BCUT2D eigenvalue weighted by Crippen LogP contribution is -2.17. The SMILES string of the molecule is Cn1c(CC(=O)Nc2ccc(Cl)c(Cl)c2)nnc1SCC(=O)Nc1ccc(F)c(Cl)c1. The van der Waals surface area contributed by atoms with E-state index in [9.17, 15) is 14.0 Å². The molecular weight excluding hydrogens is 488 g/mol. The monoisotopic (exact) mass is 501 g/mol. The second-order valence-corrected chi connectivity index (χ2v) is 8.44. The molecule has 0 fully saturated rings. The molecule has 2 N–H and O–H groups in total. The zero-order chi connectivity index (χ0) is 22.5. The summed E-state index contributed by atoms with van der Waals surface area (Å²) in [5.74, 6) is -0.739. The minimum Gasteiger partial charge on any atom is -0.326 e. The highest BCUT2D eigenvalue weighted by Crippen LogP contribution is 2.25. The molecule has 31 heavy (non-hydrogen) atoms. The van der Waals surface area contributed by atoms with Gasteiger partial charge in [-0.3, -0.25) is 9.59 Å². The standard InChI is InChI=1S/C19H15Cl3FN5O2S/c1-28-16(8-17(29)24-10-2-4-12(20)13(21)6-10)26-27-19(28)31-9-18(30)25-11-3-5-15(23)14(22)7-11/h2-7H,8-9H2,1H3,(H,24,29)(H,25,30). The summed E-state index contributed by atoms with van der Waals surface area (Å²) in [4.78, 5) is 24.4. The van der Waals surface area contributed by atoms with Crippen molar-refractivity contribution in [3.05, 3.63) is 63.1 Å². The van der Waals surface area contributed by atoms with E-state index in [4.69, 9.17) is 34.8 Å². The van der Waals surface area contributed by atoms with Crippen molar-refractivity contribution in [2.24, 2.45) is 7.05 Å². The van der Waals surface area contributed by atoms with Crippen molar-refractivity contribution in [1.29, 1.82) is 0 Å². The number of rotatable bonds is 7. The van der Waals surface area contributed by atoms with Crippen molar-refractivity contribution < 1.29 is 14.0 Å². The molecule has 0 unspecified atom stereocenters. The highest BCUT2D eigenvalue weighted by Gasteiger charge is 2.15. The number of benzene rings is 2. The van der Waals surface area contributed by atoms with Crippen LogP contribution in [0.1, 0.15) is 5.82 Å². The number of nitrogens with one attached hydrogen (secondary N) is 2. The van der Waals surface area contributed by atoms with Gasteiger partial charge in [0.05, 0.1) is 27.2 Å². The van der Waals surface area contributed by atoms with E-state index in [-0.39, 0.29) is 29.0 Å². The summed E-state index contributed by atoms with van der Waals surface area (Å²) in [6, 6.07) is 8.68. The molecule has 0 saturated carbocycles. The number of aromatic nitrogens is 3. The first kappa shape index (κ1) is 23.3. The Kier molecular flexibility index (Phi) is 7.77. The molecule has 0 atom stereocenters. The summed E-state index contributed by atoms with van der Waals surface area (Å²) in [5, 5.41) is 14.5. The average Bonchev–Trinajstić information content (AvgIpc) is 3.05. The van der Waals surface area contributed by atoms with Crippen molar-refractivity contribution >= 4 is 69.8 Å². The smallest absolute Gasteiger partial charge is 0.234 e. The highest BCUT2D eigenvalue weighted by atomic mass is 35.5. The van der Waals surface area contributed by atoms with E-state index in [1.54, 1.807) is 29.8 Å². The molecule has 3 aromatic rings. The summed E-state index contributed by atoms with van der Waals surface area (Å²) in [6.45, 7) is 0. The van der Waals surface area contributed by atoms with Crippen molar-refractivity contribution in [2.75, 3.05) is 16.4 Å². The number of nitrogens with zero attached hydrogens (tertiary/aromatic N) is 3. The molecule has 0 aliphatic rings. The summed E-state index contributed by atoms with van der Waals surface area (Å²) in [7, 11) is 1.70.